The Morgan fingerprint density at radius 1 is 1.20 bits per heavy atom. The molecule has 0 radical (unpaired) electrons. The van der Waals surface area contributed by atoms with Crippen molar-refractivity contribution in [3.63, 3.8) is 0 Å². The molecule has 0 spiro atoms. The molecule has 1 aliphatic heterocycles. The van der Waals surface area contributed by atoms with Crippen LogP contribution in [0.25, 0.3) is 0 Å². The fourth-order valence-corrected chi connectivity index (χ4v) is 3.00. The molecule has 0 aromatic heterocycles. The lowest BCUT2D eigenvalue weighted by atomic mass is 9.88. The summed E-state index contributed by atoms with van der Waals surface area (Å²) in [5, 5.41) is 3.10. The van der Waals surface area contributed by atoms with Gasteiger partial charge >= 0.3 is 0 Å². The fraction of sp³-hybridized carbons (Fsp3) is 0.909. The first-order valence-electron chi connectivity index (χ1n) is 5.78. The van der Waals surface area contributed by atoms with Gasteiger partial charge in [-0.3, -0.25) is 4.79 Å². The van der Waals surface area contributed by atoms with Gasteiger partial charge in [-0.1, -0.05) is 22.6 Å². The predicted molar refractivity (Wildman–Crippen MR) is 67.1 cm³/mol. The average Bonchev–Trinajstić information content (AvgIpc) is 2.71. The van der Waals surface area contributed by atoms with E-state index in [0.717, 1.165) is 29.8 Å². The maximum absolute atomic E-state index is 11.9. The highest BCUT2D eigenvalue weighted by Crippen LogP contribution is 2.29. The molecule has 2 aliphatic rings. The van der Waals surface area contributed by atoms with Crippen LogP contribution in [0.4, 0.5) is 0 Å². The van der Waals surface area contributed by atoms with Gasteiger partial charge in [-0.2, -0.15) is 0 Å². The maximum Gasteiger partial charge on any atom is 0.223 e. The first kappa shape index (κ1) is 11.6. The second-order valence-corrected chi connectivity index (χ2v) is 6.28. The van der Waals surface area contributed by atoms with Crippen LogP contribution in [-0.4, -0.2) is 29.1 Å². The van der Waals surface area contributed by atoms with Gasteiger partial charge in [0.05, 0.1) is 12.6 Å². The minimum Gasteiger partial charge on any atom is -0.379 e. The van der Waals surface area contributed by atoms with Crippen molar-refractivity contribution in [3.05, 3.63) is 0 Å². The van der Waals surface area contributed by atoms with E-state index in [2.05, 4.69) is 27.9 Å². The molecule has 0 aromatic rings. The lowest BCUT2D eigenvalue weighted by Crippen LogP contribution is -2.40. The number of carbonyl (C=O) groups is 1. The van der Waals surface area contributed by atoms with Crippen molar-refractivity contribution >= 4 is 28.5 Å². The van der Waals surface area contributed by atoms with Crippen LogP contribution in [0, 0.1) is 5.92 Å². The van der Waals surface area contributed by atoms with Gasteiger partial charge in [0.2, 0.25) is 5.91 Å². The van der Waals surface area contributed by atoms with E-state index < -0.39 is 0 Å². The molecule has 15 heavy (non-hydrogen) atoms. The Labute approximate surface area is 104 Å². The second-order valence-electron chi connectivity index (χ2n) is 4.52. The van der Waals surface area contributed by atoms with E-state index in [9.17, 15) is 4.79 Å². The highest BCUT2D eigenvalue weighted by molar-refractivity contribution is 14.1. The van der Waals surface area contributed by atoms with Crippen LogP contribution in [0.1, 0.15) is 32.1 Å². The Hall–Kier alpha value is 0.160. The van der Waals surface area contributed by atoms with E-state index in [1.807, 2.05) is 0 Å². The minimum absolute atomic E-state index is 0.258. The summed E-state index contributed by atoms with van der Waals surface area (Å²) in [6.07, 6.45) is 5.49. The van der Waals surface area contributed by atoms with Gasteiger partial charge in [0.25, 0.3) is 0 Å². The van der Waals surface area contributed by atoms with Gasteiger partial charge < -0.3 is 10.1 Å². The number of amides is 1. The monoisotopic (exact) mass is 323 g/mol. The number of hydrogen-bond donors (Lipinski definition) is 1. The first-order chi connectivity index (χ1) is 7.25. The van der Waals surface area contributed by atoms with E-state index in [1.54, 1.807) is 0 Å². The summed E-state index contributed by atoms with van der Waals surface area (Å²) in [7, 11) is 0. The quantitative estimate of drug-likeness (QED) is 0.622. The van der Waals surface area contributed by atoms with E-state index in [-0.39, 0.29) is 17.9 Å². The Balaban J connectivity index is 1.75. The Kier molecular flexibility index (Phi) is 4.25. The number of alkyl halides is 1. The third-order valence-electron chi connectivity index (χ3n) is 3.30. The summed E-state index contributed by atoms with van der Waals surface area (Å²) in [6, 6.07) is 0.273. The molecule has 2 rings (SSSR count). The normalized spacial score (nSPS) is 36.5. The van der Waals surface area contributed by atoms with Crippen molar-refractivity contribution in [2.24, 2.45) is 5.92 Å². The molecule has 1 N–H and O–H groups in total. The molecule has 2 fully saturated rings. The number of carbonyl (C=O) groups excluding carboxylic acids is 1. The van der Waals surface area contributed by atoms with Crippen molar-refractivity contribution in [3.8, 4) is 0 Å². The van der Waals surface area contributed by atoms with Crippen LogP contribution in [-0.2, 0) is 9.53 Å². The molecule has 0 bridgehead atoms. The summed E-state index contributed by atoms with van der Waals surface area (Å²) in [6.45, 7) is 1.50. The van der Waals surface area contributed by atoms with E-state index >= 15 is 0 Å². The lowest BCUT2D eigenvalue weighted by Gasteiger charge is -2.25. The van der Waals surface area contributed by atoms with Crippen molar-refractivity contribution in [2.45, 2.75) is 42.1 Å². The van der Waals surface area contributed by atoms with E-state index in [1.165, 1.54) is 12.8 Å². The van der Waals surface area contributed by atoms with E-state index in [4.69, 9.17) is 4.74 Å². The number of nitrogens with one attached hydrogen (secondary N) is 1. The van der Waals surface area contributed by atoms with Gasteiger partial charge in [0, 0.05) is 16.4 Å². The molecule has 1 heterocycles. The van der Waals surface area contributed by atoms with Crippen molar-refractivity contribution in [1.82, 2.24) is 5.32 Å². The number of hydrogen-bond acceptors (Lipinski definition) is 2. The van der Waals surface area contributed by atoms with Gasteiger partial charge in [0.1, 0.15) is 0 Å². The van der Waals surface area contributed by atoms with Gasteiger partial charge in [-0.15, -0.1) is 0 Å². The topological polar surface area (TPSA) is 38.3 Å². The highest BCUT2D eigenvalue weighted by atomic mass is 127. The third kappa shape index (κ3) is 3.31. The Bertz CT molecular complexity index is 221. The lowest BCUT2D eigenvalue weighted by molar-refractivity contribution is -0.126. The summed E-state index contributed by atoms with van der Waals surface area (Å²) in [5.41, 5.74) is 0. The summed E-state index contributed by atoms with van der Waals surface area (Å²) < 4.78 is 6.03. The van der Waals surface area contributed by atoms with Crippen LogP contribution < -0.4 is 5.32 Å². The molecule has 86 valence electrons. The van der Waals surface area contributed by atoms with Gasteiger partial charge in [-0.25, -0.2) is 0 Å². The third-order valence-corrected chi connectivity index (χ3v) is 4.55. The zero-order chi connectivity index (χ0) is 10.7. The van der Waals surface area contributed by atoms with Crippen LogP contribution in [0.2, 0.25) is 0 Å². The van der Waals surface area contributed by atoms with Crippen LogP contribution in [0.5, 0.6) is 0 Å². The van der Waals surface area contributed by atoms with Crippen molar-refractivity contribution in [1.29, 1.82) is 0 Å². The van der Waals surface area contributed by atoms with Crippen LogP contribution in [0.3, 0.4) is 0 Å². The van der Waals surface area contributed by atoms with Crippen molar-refractivity contribution < 1.29 is 9.53 Å². The second kappa shape index (κ2) is 5.48. The summed E-state index contributed by atoms with van der Waals surface area (Å²) in [4.78, 5) is 11.9. The summed E-state index contributed by atoms with van der Waals surface area (Å²) >= 11 is 2.49. The minimum atomic E-state index is 0.258. The zero-order valence-corrected chi connectivity index (χ0v) is 11.0. The summed E-state index contributed by atoms with van der Waals surface area (Å²) in [5.74, 6) is 0.519. The molecule has 1 aliphatic carbocycles. The molecule has 1 saturated heterocycles. The fourth-order valence-electron chi connectivity index (χ4n) is 2.28. The number of halogens is 1. The first-order valence-corrected chi connectivity index (χ1v) is 7.02. The smallest absolute Gasteiger partial charge is 0.223 e. The SMILES string of the molecule is O=C(NC1CCOC1)C1CCC(I)CC1. The number of ether oxygens (including phenoxy) is 1. The van der Waals surface area contributed by atoms with Crippen LogP contribution in [0.15, 0.2) is 0 Å². The number of rotatable bonds is 2. The van der Waals surface area contributed by atoms with Crippen LogP contribution >= 0.6 is 22.6 Å². The molecule has 1 saturated carbocycles. The molecule has 1 unspecified atom stereocenters. The average molecular weight is 323 g/mol. The van der Waals surface area contributed by atoms with Gasteiger partial charge in [0.15, 0.2) is 0 Å². The molecular weight excluding hydrogens is 305 g/mol. The Morgan fingerprint density at radius 2 is 1.93 bits per heavy atom. The van der Waals surface area contributed by atoms with Crippen molar-refractivity contribution in [2.75, 3.05) is 13.2 Å². The zero-order valence-electron chi connectivity index (χ0n) is 8.88. The largest absolute Gasteiger partial charge is 0.379 e. The van der Waals surface area contributed by atoms with Gasteiger partial charge in [-0.05, 0) is 32.1 Å². The maximum atomic E-state index is 11.9. The predicted octanol–water partition coefficient (Wildman–Crippen LogP) is 1.89. The van der Waals surface area contributed by atoms with E-state index in [0.29, 0.717) is 6.61 Å². The molecule has 4 heteroatoms. The Morgan fingerprint density at radius 3 is 2.53 bits per heavy atom. The molecule has 1 atom stereocenters. The molecule has 3 nitrogen and oxygen atoms in total. The highest BCUT2D eigenvalue weighted by Gasteiger charge is 2.27. The molecular formula is C11H18INO2. The standard InChI is InChI=1S/C11H18INO2/c12-9-3-1-8(2-4-9)11(14)13-10-5-6-15-7-10/h8-10H,1-7H2,(H,13,14). The molecule has 0 aromatic carbocycles. The molecule has 1 amide bonds.